The number of methoxy groups -OCH3 is 1. The van der Waals surface area contributed by atoms with Gasteiger partial charge < -0.3 is 14.6 Å². The summed E-state index contributed by atoms with van der Waals surface area (Å²) >= 11 is 6.32. The van der Waals surface area contributed by atoms with Crippen LogP contribution in [0, 0.1) is 12.8 Å². The van der Waals surface area contributed by atoms with E-state index >= 15 is 0 Å². The molecule has 1 aliphatic carbocycles. The van der Waals surface area contributed by atoms with Crippen molar-refractivity contribution in [3.8, 4) is 11.5 Å². The summed E-state index contributed by atoms with van der Waals surface area (Å²) in [6.45, 7) is 1.66. The van der Waals surface area contributed by atoms with Gasteiger partial charge in [-0.05, 0) is 67.6 Å². The Morgan fingerprint density at radius 1 is 1.18 bits per heavy atom. The fourth-order valence-electron chi connectivity index (χ4n) is 4.51. The van der Waals surface area contributed by atoms with Crippen LogP contribution in [0.5, 0.6) is 11.5 Å². The minimum absolute atomic E-state index is 0.0641. The molecule has 3 aromatic rings. The Kier molecular flexibility index (Phi) is 6.24. The van der Waals surface area contributed by atoms with Gasteiger partial charge in [-0.15, -0.1) is 13.2 Å². The van der Waals surface area contributed by atoms with Crippen LogP contribution >= 0.6 is 11.6 Å². The number of halogens is 4. The second-order valence-corrected chi connectivity index (χ2v) is 8.63. The highest BCUT2D eigenvalue weighted by Crippen LogP contribution is 2.45. The first-order chi connectivity index (χ1) is 16.0. The van der Waals surface area contributed by atoms with Crippen molar-refractivity contribution in [1.29, 1.82) is 0 Å². The summed E-state index contributed by atoms with van der Waals surface area (Å²) in [6.07, 6.45) is -2.38. The van der Waals surface area contributed by atoms with Gasteiger partial charge in [0.15, 0.2) is 0 Å². The molecule has 2 aromatic carbocycles. The first-order valence-electron chi connectivity index (χ1n) is 10.5. The van der Waals surface area contributed by atoms with E-state index in [9.17, 15) is 27.9 Å². The van der Waals surface area contributed by atoms with Gasteiger partial charge in [0.2, 0.25) is 0 Å². The van der Waals surface area contributed by atoms with Gasteiger partial charge in [-0.2, -0.15) is 0 Å². The zero-order valence-electron chi connectivity index (χ0n) is 18.3. The average molecular weight is 496 g/mol. The normalized spacial score (nSPS) is 15.1. The van der Waals surface area contributed by atoms with E-state index in [2.05, 4.69) is 4.74 Å². The topological polar surface area (TPSA) is 77.8 Å². The number of carbonyl (C=O) groups excluding carboxylic acids is 1. The minimum atomic E-state index is -4.85. The first kappa shape index (κ1) is 23.9. The molecule has 34 heavy (non-hydrogen) atoms. The Morgan fingerprint density at radius 2 is 1.82 bits per heavy atom. The van der Waals surface area contributed by atoms with Gasteiger partial charge in [0.1, 0.15) is 11.5 Å². The second-order valence-electron chi connectivity index (χ2n) is 8.22. The number of aliphatic carboxylic acids is 1. The summed E-state index contributed by atoms with van der Waals surface area (Å²) in [4.78, 5) is 25.8. The number of rotatable bonds is 6. The van der Waals surface area contributed by atoms with Crippen LogP contribution in [0.1, 0.15) is 46.8 Å². The van der Waals surface area contributed by atoms with Crippen molar-refractivity contribution in [3.05, 3.63) is 58.2 Å². The van der Waals surface area contributed by atoms with Crippen molar-refractivity contribution in [2.24, 2.45) is 5.92 Å². The summed E-state index contributed by atoms with van der Waals surface area (Å²) in [7, 11) is 1.44. The lowest BCUT2D eigenvalue weighted by atomic mass is 9.72. The van der Waals surface area contributed by atoms with E-state index in [4.69, 9.17) is 16.3 Å². The van der Waals surface area contributed by atoms with Crippen LogP contribution in [0.15, 0.2) is 36.4 Å². The molecule has 0 aliphatic heterocycles. The zero-order valence-corrected chi connectivity index (χ0v) is 19.0. The lowest BCUT2D eigenvalue weighted by Gasteiger charge is -2.31. The van der Waals surface area contributed by atoms with E-state index in [-0.39, 0.29) is 16.5 Å². The van der Waals surface area contributed by atoms with Gasteiger partial charge in [-0.3, -0.25) is 14.2 Å². The highest BCUT2D eigenvalue weighted by molar-refractivity contribution is 6.33. The summed E-state index contributed by atoms with van der Waals surface area (Å²) < 4.78 is 48.0. The van der Waals surface area contributed by atoms with Crippen molar-refractivity contribution in [2.75, 3.05) is 7.11 Å². The number of fused-ring (bicyclic) bond motifs is 1. The Hall–Kier alpha value is -3.20. The van der Waals surface area contributed by atoms with Crippen LogP contribution in [-0.4, -0.2) is 35.0 Å². The van der Waals surface area contributed by atoms with Crippen LogP contribution in [0.4, 0.5) is 13.2 Å². The molecule has 1 aromatic heterocycles. The maximum Gasteiger partial charge on any atom is 0.573 e. The van der Waals surface area contributed by atoms with E-state index < -0.39 is 29.9 Å². The van der Waals surface area contributed by atoms with Gasteiger partial charge in [0.25, 0.3) is 5.91 Å². The standard InChI is InChI=1S/C24H21ClF3NO5/c1-12-20(21(23(31)32)13-4-3-5-13)16-10-19(33-2)17(25)11-18(16)29(12)22(30)14-6-8-15(9-7-14)34-24(26,27)28/h6-11,13,21H,3-5H2,1-2H3,(H,31,32). The van der Waals surface area contributed by atoms with Crippen molar-refractivity contribution in [2.45, 2.75) is 38.5 Å². The van der Waals surface area contributed by atoms with Crippen molar-refractivity contribution >= 4 is 34.4 Å². The number of hydrogen-bond donors (Lipinski definition) is 1. The number of alkyl halides is 3. The van der Waals surface area contributed by atoms with Crippen LogP contribution in [0.2, 0.25) is 5.02 Å². The molecule has 0 radical (unpaired) electrons. The van der Waals surface area contributed by atoms with E-state index in [1.165, 1.54) is 29.9 Å². The average Bonchev–Trinajstić information content (AvgIpc) is 2.99. The maximum absolute atomic E-state index is 13.5. The van der Waals surface area contributed by atoms with Crippen LogP contribution in [0.25, 0.3) is 10.9 Å². The van der Waals surface area contributed by atoms with Crippen LogP contribution in [0.3, 0.4) is 0 Å². The molecule has 10 heteroatoms. The third-order valence-corrected chi connectivity index (χ3v) is 6.56. The second kappa shape index (κ2) is 8.87. The number of benzene rings is 2. The molecule has 0 amide bonds. The number of nitrogens with zero attached hydrogens (tertiary/aromatic N) is 1. The molecular formula is C24H21ClF3NO5. The smallest absolute Gasteiger partial charge is 0.495 e. The molecule has 1 N–H and O–H groups in total. The Morgan fingerprint density at radius 3 is 2.32 bits per heavy atom. The number of carbonyl (C=O) groups is 2. The zero-order chi connectivity index (χ0) is 24.8. The molecule has 180 valence electrons. The summed E-state index contributed by atoms with van der Waals surface area (Å²) in [5.74, 6) is -2.52. The molecule has 0 spiro atoms. The number of aromatic nitrogens is 1. The lowest BCUT2D eigenvalue weighted by molar-refractivity contribution is -0.274. The Labute approximate surface area is 197 Å². The van der Waals surface area contributed by atoms with Gasteiger partial charge in [-0.1, -0.05) is 18.0 Å². The molecule has 1 unspecified atom stereocenters. The predicted molar refractivity (Wildman–Crippen MR) is 119 cm³/mol. The molecule has 0 bridgehead atoms. The molecule has 1 aliphatic rings. The number of ether oxygens (including phenoxy) is 2. The molecule has 1 atom stereocenters. The van der Waals surface area contributed by atoms with Gasteiger partial charge in [0, 0.05) is 16.6 Å². The van der Waals surface area contributed by atoms with E-state index in [1.807, 2.05) is 0 Å². The fraction of sp³-hybridized carbons (Fsp3) is 0.333. The summed E-state index contributed by atoms with van der Waals surface area (Å²) in [5, 5.41) is 10.8. The summed E-state index contributed by atoms with van der Waals surface area (Å²) in [6, 6.07) is 7.70. The van der Waals surface area contributed by atoms with Crippen molar-refractivity contribution in [1.82, 2.24) is 4.57 Å². The van der Waals surface area contributed by atoms with E-state index in [1.54, 1.807) is 13.0 Å². The predicted octanol–water partition coefficient (Wildman–Crippen LogP) is 6.17. The highest BCUT2D eigenvalue weighted by Gasteiger charge is 2.38. The molecule has 0 saturated heterocycles. The Bertz CT molecular complexity index is 1260. The molecule has 6 nitrogen and oxygen atoms in total. The monoisotopic (exact) mass is 495 g/mol. The number of hydrogen-bond acceptors (Lipinski definition) is 4. The first-order valence-corrected chi connectivity index (χ1v) is 10.9. The molecule has 4 rings (SSSR count). The minimum Gasteiger partial charge on any atom is -0.495 e. The SMILES string of the molecule is COc1cc2c(C(C(=O)O)C3CCC3)c(C)n(C(=O)c3ccc(OC(F)(F)F)cc3)c2cc1Cl. The molecular weight excluding hydrogens is 475 g/mol. The molecule has 1 saturated carbocycles. The van der Waals surface area contributed by atoms with Gasteiger partial charge in [0.05, 0.1) is 23.6 Å². The lowest BCUT2D eigenvalue weighted by Crippen LogP contribution is -2.27. The quantitative estimate of drug-likeness (QED) is 0.442. The van der Waals surface area contributed by atoms with E-state index in [0.29, 0.717) is 27.9 Å². The third-order valence-electron chi connectivity index (χ3n) is 6.26. The summed E-state index contributed by atoms with van der Waals surface area (Å²) in [5.41, 5.74) is 1.43. The Balaban J connectivity index is 1.87. The molecule has 1 fully saturated rings. The van der Waals surface area contributed by atoms with Crippen LogP contribution in [-0.2, 0) is 4.79 Å². The molecule has 1 heterocycles. The van der Waals surface area contributed by atoms with Gasteiger partial charge >= 0.3 is 12.3 Å². The maximum atomic E-state index is 13.5. The van der Waals surface area contributed by atoms with Crippen molar-refractivity contribution < 1.29 is 37.3 Å². The number of carboxylic acid groups (broad SMARTS) is 1. The van der Waals surface area contributed by atoms with E-state index in [0.717, 1.165) is 31.4 Å². The highest BCUT2D eigenvalue weighted by atomic mass is 35.5. The largest absolute Gasteiger partial charge is 0.573 e. The fourth-order valence-corrected chi connectivity index (χ4v) is 4.75. The van der Waals surface area contributed by atoms with Crippen LogP contribution < -0.4 is 9.47 Å². The number of carboxylic acids is 1. The van der Waals surface area contributed by atoms with Gasteiger partial charge in [-0.25, -0.2) is 0 Å². The van der Waals surface area contributed by atoms with Crippen molar-refractivity contribution in [3.63, 3.8) is 0 Å². The third kappa shape index (κ3) is 4.32.